The summed E-state index contributed by atoms with van der Waals surface area (Å²) >= 11 is 0. The number of rotatable bonds is 9. The minimum atomic E-state index is -0.998. The van der Waals surface area contributed by atoms with E-state index in [1.807, 2.05) is 13.8 Å². The van der Waals surface area contributed by atoms with E-state index in [1.54, 1.807) is 6.92 Å². The van der Waals surface area contributed by atoms with Crippen molar-refractivity contribution >= 4 is 17.6 Å². The molecule has 0 atom stereocenters. The Morgan fingerprint density at radius 1 is 1.14 bits per heavy atom. The first-order chi connectivity index (χ1) is 13.3. The summed E-state index contributed by atoms with van der Waals surface area (Å²) in [6.07, 6.45) is 0.710. The molecule has 0 fully saturated rings. The van der Waals surface area contributed by atoms with E-state index in [1.165, 1.54) is 13.2 Å². The van der Waals surface area contributed by atoms with E-state index in [9.17, 15) is 19.7 Å². The predicted octanol–water partition coefficient (Wildman–Crippen LogP) is 3.49. The van der Waals surface area contributed by atoms with Crippen LogP contribution in [-0.4, -0.2) is 42.7 Å². The molecule has 1 aromatic rings. The zero-order valence-electron chi connectivity index (χ0n) is 18.1. The van der Waals surface area contributed by atoms with Crippen molar-refractivity contribution in [3.63, 3.8) is 0 Å². The fourth-order valence-corrected chi connectivity index (χ4v) is 3.28. The van der Waals surface area contributed by atoms with E-state index in [0.29, 0.717) is 6.42 Å². The molecule has 0 aliphatic heterocycles. The topological polar surface area (TPSA) is 117 Å². The summed E-state index contributed by atoms with van der Waals surface area (Å²) in [5.41, 5.74) is -1.33. The lowest BCUT2D eigenvalue weighted by Gasteiger charge is -2.33. The second kappa shape index (κ2) is 9.58. The molecule has 1 aromatic carbocycles. The lowest BCUT2D eigenvalue weighted by Crippen LogP contribution is -2.47. The highest BCUT2D eigenvalue weighted by Gasteiger charge is 2.29. The molecule has 1 N–H and O–H groups in total. The molecule has 9 nitrogen and oxygen atoms in total. The molecule has 1 amide bonds. The first-order valence-electron chi connectivity index (χ1n) is 9.27. The summed E-state index contributed by atoms with van der Waals surface area (Å²) in [7, 11) is 1.35. The quantitative estimate of drug-likeness (QED) is 0.376. The van der Waals surface area contributed by atoms with Gasteiger partial charge in [-0.25, -0.2) is 4.79 Å². The van der Waals surface area contributed by atoms with Crippen molar-refractivity contribution in [2.24, 2.45) is 5.41 Å². The summed E-state index contributed by atoms with van der Waals surface area (Å²) in [6, 6.07) is 2.28. The third kappa shape index (κ3) is 7.59. The van der Waals surface area contributed by atoms with Crippen molar-refractivity contribution < 1.29 is 28.7 Å². The van der Waals surface area contributed by atoms with Gasteiger partial charge in [0.15, 0.2) is 18.1 Å². The molecule has 162 valence electrons. The van der Waals surface area contributed by atoms with Gasteiger partial charge in [-0.15, -0.1) is 0 Å². The molecule has 0 aromatic heterocycles. The molecule has 0 heterocycles. The summed E-state index contributed by atoms with van der Waals surface area (Å²) in [5.74, 6) is -1.20. The Balaban J connectivity index is 2.93. The van der Waals surface area contributed by atoms with E-state index < -0.39 is 34.6 Å². The average molecular weight is 410 g/mol. The van der Waals surface area contributed by atoms with Crippen LogP contribution in [-0.2, 0) is 9.53 Å². The molecule has 0 saturated carbocycles. The highest BCUT2D eigenvalue weighted by Crippen LogP contribution is 2.35. The van der Waals surface area contributed by atoms with Crippen molar-refractivity contribution in [3.05, 3.63) is 27.8 Å². The van der Waals surface area contributed by atoms with Gasteiger partial charge in [0.2, 0.25) is 0 Å². The van der Waals surface area contributed by atoms with Crippen LogP contribution in [0.2, 0.25) is 0 Å². The van der Waals surface area contributed by atoms with Gasteiger partial charge >= 0.3 is 5.97 Å². The van der Waals surface area contributed by atoms with Gasteiger partial charge in [0.25, 0.3) is 11.6 Å². The molecule has 0 spiro atoms. The van der Waals surface area contributed by atoms with Crippen LogP contribution in [0.1, 0.15) is 58.3 Å². The lowest BCUT2D eigenvalue weighted by molar-refractivity contribution is -0.385. The van der Waals surface area contributed by atoms with Crippen LogP contribution in [0.25, 0.3) is 0 Å². The van der Waals surface area contributed by atoms with Gasteiger partial charge in [-0.1, -0.05) is 20.8 Å². The van der Waals surface area contributed by atoms with Crippen LogP contribution in [0, 0.1) is 15.5 Å². The van der Waals surface area contributed by atoms with Crippen molar-refractivity contribution in [3.8, 4) is 11.5 Å². The van der Waals surface area contributed by atoms with Gasteiger partial charge in [0.05, 0.1) is 24.7 Å². The maximum absolute atomic E-state index is 12.4. The number of methoxy groups -OCH3 is 1. The molecule has 9 heteroatoms. The van der Waals surface area contributed by atoms with Crippen LogP contribution in [0.5, 0.6) is 11.5 Å². The minimum Gasteiger partial charge on any atom is -0.493 e. The second-order valence-electron chi connectivity index (χ2n) is 8.46. The molecule has 0 saturated heterocycles. The van der Waals surface area contributed by atoms with Gasteiger partial charge in [-0.3, -0.25) is 14.9 Å². The summed E-state index contributed by atoms with van der Waals surface area (Å²) < 4.78 is 15.4. The molecule has 0 aliphatic carbocycles. The highest BCUT2D eigenvalue weighted by molar-refractivity contribution is 5.96. The molecule has 29 heavy (non-hydrogen) atoms. The maximum Gasteiger partial charge on any atom is 0.345 e. The van der Waals surface area contributed by atoms with Crippen molar-refractivity contribution in [1.82, 2.24) is 5.32 Å². The predicted molar refractivity (Wildman–Crippen MR) is 107 cm³/mol. The number of hydrogen-bond acceptors (Lipinski definition) is 7. The van der Waals surface area contributed by atoms with Gasteiger partial charge < -0.3 is 19.5 Å². The summed E-state index contributed by atoms with van der Waals surface area (Å²) in [5, 5.41) is 14.2. The minimum absolute atomic E-state index is 0.00702. The molecular formula is C20H30N2O7. The van der Waals surface area contributed by atoms with Gasteiger partial charge in [-0.05, 0) is 32.6 Å². The summed E-state index contributed by atoms with van der Waals surface area (Å²) in [4.78, 5) is 35.2. The Kier molecular flexibility index (Phi) is 7.99. The van der Waals surface area contributed by atoms with Crippen molar-refractivity contribution in [2.75, 3.05) is 20.3 Å². The monoisotopic (exact) mass is 410 g/mol. The SMILES string of the molecule is CCOc1cc([N+](=O)[O-])c(C(=O)OCC(=O)NC(C)(C)CC(C)(C)C)cc1OC. The molecule has 0 bridgehead atoms. The van der Waals surface area contributed by atoms with E-state index in [4.69, 9.17) is 14.2 Å². The van der Waals surface area contributed by atoms with Gasteiger partial charge in [0, 0.05) is 11.6 Å². The van der Waals surface area contributed by atoms with E-state index in [2.05, 4.69) is 26.1 Å². The number of nitrogens with zero attached hydrogens (tertiary/aromatic N) is 1. The van der Waals surface area contributed by atoms with Gasteiger partial charge in [-0.2, -0.15) is 0 Å². The lowest BCUT2D eigenvalue weighted by atomic mass is 9.82. The van der Waals surface area contributed by atoms with E-state index in [0.717, 1.165) is 6.07 Å². The van der Waals surface area contributed by atoms with Crippen LogP contribution in [0.3, 0.4) is 0 Å². The largest absolute Gasteiger partial charge is 0.493 e. The number of nitrogens with one attached hydrogen (secondary N) is 1. The molecule has 0 unspecified atom stereocenters. The molecule has 1 rings (SSSR count). The van der Waals surface area contributed by atoms with E-state index in [-0.39, 0.29) is 29.1 Å². The molecule has 0 radical (unpaired) electrons. The first-order valence-corrected chi connectivity index (χ1v) is 9.27. The Bertz CT molecular complexity index is 767. The zero-order chi connectivity index (χ0) is 22.4. The number of carbonyl (C=O) groups excluding carboxylic acids is 2. The zero-order valence-corrected chi connectivity index (χ0v) is 18.1. The number of nitro groups is 1. The fourth-order valence-electron chi connectivity index (χ4n) is 3.28. The molecular weight excluding hydrogens is 380 g/mol. The van der Waals surface area contributed by atoms with E-state index >= 15 is 0 Å². The first kappa shape index (κ1) is 24.2. The van der Waals surface area contributed by atoms with Crippen LogP contribution in [0.15, 0.2) is 12.1 Å². The Morgan fingerprint density at radius 2 is 1.76 bits per heavy atom. The highest BCUT2D eigenvalue weighted by atomic mass is 16.6. The van der Waals surface area contributed by atoms with Crippen molar-refractivity contribution in [1.29, 1.82) is 0 Å². The number of esters is 1. The summed E-state index contributed by atoms with van der Waals surface area (Å²) in [6.45, 7) is 11.3. The number of benzene rings is 1. The average Bonchev–Trinajstić information content (AvgIpc) is 2.56. The van der Waals surface area contributed by atoms with Gasteiger partial charge in [0.1, 0.15) is 5.56 Å². The Morgan fingerprint density at radius 3 is 2.24 bits per heavy atom. The normalized spacial score (nSPS) is 11.6. The van der Waals surface area contributed by atoms with Crippen LogP contribution >= 0.6 is 0 Å². The number of hydrogen-bond donors (Lipinski definition) is 1. The Labute approximate surface area is 170 Å². The fraction of sp³-hybridized carbons (Fsp3) is 0.600. The van der Waals surface area contributed by atoms with Crippen molar-refractivity contribution in [2.45, 2.75) is 53.5 Å². The van der Waals surface area contributed by atoms with Crippen LogP contribution in [0.4, 0.5) is 5.69 Å². The third-order valence-corrected chi connectivity index (χ3v) is 3.78. The second-order valence-corrected chi connectivity index (χ2v) is 8.46. The molecule has 0 aliphatic rings. The Hall–Kier alpha value is -2.84. The third-order valence-electron chi connectivity index (χ3n) is 3.78. The van der Waals surface area contributed by atoms with Crippen LogP contribution < -0.4 is 14.8 Å². The standard InChI is InChI=1S/C20H30N2O7/c1-8-28-16-10-14(22(25)26)13(9-15(16)27-7)18(24)29-11-17(23)21-20(5,6)12-19(2,3)4/h9-10H,8,11-12H2,1-7H3,(H,21,23). The maximum atomic E-state index is 12.4. The smallest absolute Gasteiger partial charge is 0.345 e. The number of carbonyl (C=O) groups is 2. The number of amides is 1. The number of ether oxygens (including phenoxy) is 3. The number of nitro benzene ring substituents is 1.